The van der Waals surface area contributed by atoms with Gasteiger partial charge in [0.15, 0.2) is 0 Å². The summed E-state index contributed by atoms with van der Waals surface area (Å²) in [5.74, 6) is -0.0553. The first-order chi connectivity index (χ1) is 8.72. The average Bonchev–Trinajstić information content (AvgIpc) is 2.40. The van der Waals surface area contributed by atoms with Gasteiger partial charge in [-0.25, -0.2) is 0 Å². The van der Waals surface area contributed by atoms with Gasteiger partial charge < -0.3 is 9.84 Å². The van der Waals surface area contributed by atoms with E-state index in [1.54, 1.807) is 0 Å². The Hall–Kier alpha value is -0.610. The summed E-state index contributed by atoms with van der Waals surface area (Å²) in [6.07, 6.45) is 6.06. The van der Waals surface area contributed by atoms with Crippen molar-refractivity contribution < 1.29 is 14.6 Å². The molecule has 0 spiro atoms. The monoisotopic (exact) mass is 255 g/mol. The number of ether oxygens (including phenoxy) is 1. The van der Waals surface area contributed by atoms with E-state index in [-0.39, 0.29) is 24.0 Å². The maximum atomic E-state index is 11.8. The minimum atomic E-state index is -0.209. The molecule has 18 heavy (non-hydrogen) atoms. The highest BCUT2D eigenvalue weighted by Gasteiger charge is 2.34. The number of likely N-dealkylation sites (tertiary alicyclic amines) is 1. The van der Waals surface area contributed by atoms with Gasteiger partial charge in [0.2, 0.25) is 0 Å². The molecule has 4 nitrogen and oxygen atoms in total. The number of carbonyl (C=O) groups is 1. The van der Waals surface area contributed by atoms with Gasteiger partial charge >= 0.3 is 5.97 Å². The Morgan fingerprint density at radius 1 is 1.28 bits per heavy atom. The van der Waals surface area contributed by atoms with E-state index in [1.807, 2.05) is 6.92 Å². The summed E-state index contributed by atoms with van der Waals surface area (Å²) in [6, 6.07) is 0.260. The Kier molecular flexibility index (Phi) is 5.01. The summed E-state index contributed by atoms with van der Waals surface area (Å²) in [6.45, 7) is 4.09. The summed E-state index contributed by atoms with van der Waals surface area (Å²) in [5.41, 5.74) is 0. The van der Waals surface area contributed by atoms with Crippen LogP contribution in [0.2, 0.25) is 0 Å². The average molecular weight is 255 g/mol. The molecule has 0 amide bonds. The van der Waals surface area contributed by atoms with Crippen LogP contribution in [0.3, 0.4) is 0 Å². The molecule has 1 heterocycles. The Morgan fingerprint density at radius 3 is 2.78 bits per heavy atom. The topological polar surface area (TPSA) is 49.8 Å². The van der Waals surface area contributed by atoms with E-state index in [1.165, 1.54) is 6.42 Å². The number of hydrogen-bond donors (Lipinski definition) is 1. The van der Waals surface area contributed by atoms with Crippen molar-refractivity contribution in [2.75, 3.05) is 19.7 Å². The molecule has 0 radical (unpaired) electrons. The molecule has 1 aliphatic carbocycles. The number of esters is 1. The molecule has 0 aromatic rings. The lowest BCUT2D eigenvalue weighted by Gasteiger charge is -2.41. The molecule has 104 valence electrons. The van der Waals surface area contributed by atoms with Crippen LogP contribution in [0.15, 0.2) is 0 Å². The Morgan fingerprint density at radius 2 is 2.06 bits per heavy atom. The summed E-state index contributed by atoms with van der Waals surface area (Å²) >= 11 is 0. The highest BCUT2D eigenvalue weighted by molar-refractivity contribution is 5.72. The van der Waals surface area contributed by atoms with Crippen molar-refractivity contribution in [2.45, 2.75) is 57.6 Å². The predicted molar refractivity (Wildman–Crippen MR) is 69.2 cm³/mol. The molecule has 0 aromatic heterocycles. The van der Waals surface area contributed by atoms with Crippen molar-refractivity contribution in [3.05, 3.63) is 0 Å². The van der Waals surface area contributed by atoms with Gasteiger partial charge in [-0.3, -0.25) is 9.69 Å². The Labute approximate surface area is 109 Å². The van der Waals surface area contributed by atoms with Crippen molar-refractivity contribution in [3.8, 4) is 0 Å². The maximum Gasteiger partial charge on any atom is 0.310 e. The van der Waals surface area contributed by atoms with Crippen LogP contribution in [-0.2, 0) is 9.53 Å². The fourth-order valence-electron chi connectivity index (χ4n) is 3.28. The van der Waals surface area contributed by atoms with Crippen LogP contribution in [0, 0.1) is 5.92 Å². The van der Waals surface area contributed by atoms with E-state index in [0.29, 0.717) is 6.61 Å². The van der Waals surface area contributed by atoms with Crippen molar-refractivity contribution in [2.24, 2.45) is 5.92 Å². The van der Waals surface area contributed by atoms with E-state index >= 15 is 0 Å². The lowest BCUT2D eigenvalue weighted by molar-refractivity contribution is -0.150. The van der Waals surface area contributed by atoms with E-state index in [4.69, 9.17) is 4.74 Å². The zero-order chi connectivity index (χ0) is 13.0. The quantitative estimate of drug-likeness (QED) is 0.778. The number of aliphatic hydroxyl groups is 1. The third-order valence-electron chi connectivity index (χ3n) is 4.24. The predicted octanol–water partition coefficient (Wildman–Crippen LogP) is 1.56. The third-order valence-corrected chi connectivity index (χ3v) is 4.24. The van der Waals surface area contributed by atoms with Gasteiger partial charge in [0.25, 0.3) is 0 Å². The summed E-state index contributed by atoms with van der Waals surface area (Å²) in [4.78, 5) is 14.1. The van der Waals surface area contributed by atoms with Crippen molar-refractivity contribution in [1.29, 1.82) is 0 Å². The maximum absolute atomic E-state index is 11.8. The Bertz CT molecular complexity index is 282. The van der Waals surface area contributed by atoms with Gasteiger partial charge in [-0.15, -0.1) is 0 Å². The molecule has 2 aliphatic rings. The number of nitrogens with zero attached hydrogens (tertiary/aromatic N) is 1. The fourth-order valence-corrected chi connectivity index (χ4v) is 3.28. The standard InChI is InChI=1S/C14H25NO3/c1-2-18-14(17)11-6-5-9-15(10-11)12-7-3-4-8-13(12)16/h11-13,16H,2-10H2,1H3/t11-,12?,13?/m1/s1. The third kappa shape index (κ3) is 3.23. The summed E-state index contributed by atoms with van der Waals surface area (Å²) in [5, 5.41) is 10.1. The number of hydrogen-bond acceptors (Lipinski definition) is 4. The van der Waals surface area contributed by atoms with Crippen molar-refractivity contribution in [3.63, 3.8) is 0 Å². The first-order valence-electron chi connectivity index (χ1n) is 7.31. The van der Waals surface area contributed by atoms with Crippen LogP contribution in [0.25, 0.3) is 0 Å². The number of carbonyl (C=O) groups excluding carboxylic acids is 1. The van der Waals surface area contributed by atoms with Gasteiger partial charge in [-0.2, -0.15) is 0 Å². The van der Waals surface area contributed by atoms with Gasteiger partial charge in [-0.1, -0.05) is 12.8 Å². The highest BCUT2D eigenvalue weighted by atomic mass is 16.5. The minimum absolute atomic E-state index is 0.00725. The van der Waals surface area contributed by atoms with E-state index < -0.39 is 0 Å². The minimum Gasteiger partial charge on any atom is -0.466 e. The second-order valence-electron chi connectivity index (χ2n) is 5.51. The number of aliphatic hydroxyl groups excluding tert-OH is 1. The first kappa shape index (κ1) is 13.8. The lowest BCUT2D eigenvalue weighted by atomic mass is 9.88. The second-order valence-corrected chi connectivity index (χ2v) is 5.51. The van der Waals surface area contributed by atoms with Crippen LogP contribution in [0.4, 0.5) is 0 Å². The molecule has 1 N–H and O–H groups in total. The summed E-state index contributed by atoms with van der Waals surface area (Å²) in [7, 11) is 0. The molecule has 4 heteroatoms. The molecular weight excluding hydrogens is 230 g/mol. The van der Waals surface area contributed by atoms with Crippen LogP contribution in [0.5, 0.6) is 0 Å². The van der Waals surface area contributed by atoms with Crippen molar-refractivity contribution in [1.82, 2.24) is 4.90 Å². The van der Waals surface area contributed by atoms with Crippen LogP contribution < -0.4 is 0 Å². The van der Waals surface area contributed by atoms with E-state index in [9.17, 15) is 9.90 Å². The molecule has 2 fully saturated rings. The van der Waals surface area contributed by atoms with Gasteiger partial charge in [0, 0.05) is 12.6 Å². The SMILES string of the molecule is CCOC(=O)[C@@H]1CCCN(C2CCCCC2O)C1. The Balaban J connectivity index is 1.91. The molecule has 2 rings (SSSR count). The van der Waals surface area contributed by atoms with Crippen molar-refractivity contribution >= 4 is 5.97 Å². The lowest BCUT2D eigenvalue weighted by Crippen LogP contribution is -2.50. The summed E-state index contributed by atoms with van der Waals surface area (Å²) < 4.78 is 5.12. The molecular formula is C14H25NO3. The molecule has 0 bridgehead atoms. The van der Waals surface area contributed by atoms with Crippen LogP contribution in [-0.4, -0.2) is 47.8 Å². The zero-order valence-corrected chi connectivity index (χ0v) is 11.3. The van der Waals surface area contributed by atoms with Crippen LogP contribution in [0.1, 0.15) is 45.4 Å². The molecule has 1 saturated heterocycles. The number of piperidine rings is 1. The zero-order valence-electron chi connectivity index (χ0n) is 11.3. The first-order valence-corrected chi connectivity index (χ1v) is 7.31. The largest absolute Gasteiger partial charge is 0.466 e. The molecule has 3 atom stereocenters. The highest BCUT2D eigenvalue weighted by Crippen LogP contribution is 2.27. The second kappa shape index (κ2) is 6.53. The van der Waals surface area contributed by atoms with E-state index in [2.05, 4.69) is 4.90 Å². The normalized spacial score (nSPS) is 34.2. The van der Waals surface area contributed by atoms with Gasteiger partial charge in [-0.05, 0) is 39.2 Å². The van der Waals surface area contributed by atoms with Crippen LogP contribution >= 0.6 is 0 Å². The molecule has 1 saturated carbocycles. The molecule has 1 aliphatic heterocycles. The molecule has 0 aromatic carbocycles. The van der Waals surface area contributed by atoms with E-state index in [0.717, 1.165) is 45.2 Å². The molecule has 2 unspecified atom stereocenters. The van der Waals surface area contributed by atoms with Gasteiger partial charge in [0.05, 0.1) is 18.6 Å². The number of rotatable bonds is 3. The smallest absolute Gasteiger partial charge is 0.310 e. The fraction of sp³-hybridized carbons (Fsp3) is 0.929. The van der Waals surface area contributed by atoms with Gasteiger partial charge in [0.1, 0.15) is 0 Å².